The third-order valence-corrected chi connectivity index (χ3v) is 6.20. The zero-order valence-electron chi connectivity index (χ0n) is 18.4. The number of aliphatic imine (C=N–C) groups is 1. The molecule has 0 radical (unpaired) electrons. The summed E-state index contributed by atoms with van der Waals surface area (Å²) in [5, 5.41) is 6.70. The van der Waals surface area contributed by atoms with Gasteiger partial charge in [-0.25, -0.2) is 12.7 Å². The van der Waals surface area contributed by atoms with E-state index in [-0.39, 0.29) is 30.0 Å². The summed E-state index contributed by atoms with van der Waals surface area (Å²) in [5.41, 5.74) is 1.28. The van der Waals surface area contributed by atoms with E-state index in [1.807, 2.05) is 13.0 Å². The zero-order valence-corrected chi connectivity index (χ0v) is 21.5. The highest BCUT2D eigenvalue weighted by Gasteiger charge is 2.18. The minimum atomic E-state index is -3.13. The number of rotatable bonds is 12. The molecule has 0 heterocycles. The van der Waals surface area contributed by atoms with Crippen LogP contribution in [0.2, 0.25) is 0 Å². The molecular weight excluding hydrogens is 501 g/mol. The lowest BCUT2D eigenvalue weighted by Crippen LogP contribution is -2.44. The van der Waals surface area contributed by atoms with E-state index in [0.717, 1.165) is 32.0 Å². The van der Waals surface area contributed by atoms with Crippen molar-refractivity contribution in [2.75, 3.05) is 52.6 Å². The molecule has 7 nitrogen and oxygen atoms in total. The molecule has 0 aromatic heterocycles. The van der Waals surface area contributed by atoms with E-state index in [0.29, 0.717) is 19.6 Å². The van der Waals surface area contributed by atoms with Crippen LogP contribution in [0.1, 0.15) is 38.8 Å². The highest BCUT2D eigenvalue weighted by atomic mass is 127. The maximum atomic E-state index is 11.6. The molecule has 1 atom stereocenters. The van der Waals surface area contributed by atoms with E-state index in [1.54, 1.807) is 7.05 Å². The van der Waals surface area contributed by atoms with Gasteiger partial charge < -0.3 is 10.6 Å². The Morgan fingerprint density at radius 2 is 1.69 bits per heavy atom. The van der Waals surface area contributed by atoms with Gasteiger partial charge in [0, 0.05) is 33.2 Å². The van der Waals surface area contributed by atoms with Crippen LogP contribution in [0.3, 0.4) is 0 Å². The van der Waals surface area contributed by atoms with Crippen molar-refractivity contribution < 1.29 is 8.42 Å². The first kappa shape index (κ1) is 28.1. The van der Waals surface area contributed by atoms with Crippen molar-refractivity contribution in [1.29, 1.82) is 0 Å². The maximum absolute atomic E-state index is 11.6. The topological polar surface area (TPSA) is 77.0 Å². The Balaban J connectivity index is 0.00000784. The second kappa shape index (κ2) is 15.0. The van der Waals surface area contributed by atoms with Crippen LogP contribution < -0.4 is 10.6 Å². The summed E-state index contributed by atoms with van der Waals surface area (Å²) in [7, 11) is -1.39. The van der Waals surface area contributed by atoms with Gasteiger partial charge >= 0.3 is 0 Å². The summed E-state index contributed by atoms with van der Waals surface area (Å²) in [5.74, 6) is 0.732. The van der Waals surface area contributed by atoms with Crippen LogP contribution in [0.5, 0.6) is 0 Å². The standard InChI is InChI=1S/C20H37N5O2S.HI/c1-6-24(7-2)19(18-13-10-9-11-14-18)17-23-20(21-4)22-15-12-16-25(8-3)28(5,26)27;/h9-11,13-14,19H,6-8,12,15-17H2,1-5H3,(H2,21,22,23);1H. The van der Waals surface area contributed by atoms with Gasteiger partial charge in [0.25, 0.3) is 0 Å². The quantitative estimate of drug-likeness (QED) is 0.185. The minimum Gasteiger partial charge on any atom is -0.356 e. The van der Waals surface area contributed by atoms with Crippen molar-refractivity contribution in [3.05, 3.63) is 35.9 Å². The number of nitrogens with zero attached hydrogens (tertiary/aromatic N) is 3. The minimum absolute atomic E-state index is 0. The lowest BCUT2D eigenvalue weighted by Gasteiger charge is -2.30. The molecule has 168 valence electrons. The van der Waals surface area contributed by atoms with Crippen LogP contribution in [0.25, 0.3) is 0 Å². The van der Waals surface area contributed by atoms with Crippen molar-refractivity contribution in [3.8, 4) is 0 Å². The molecule has 0 aliphatic heterocycles. The summed E-state index contributed by atoms with van der Waals surface area (Å²) in [6.07, 6.45) is 1.97. The SMILES string of the molecule is CCN(CC)C(CNC(=NC)NCCCN(CC)S(C)(=O)=O)c1ccccc1.I. The largest absolute Gasteiger partial charge is 0.356 e. The number of halogens is 1. The number of hydrogen-bond acceptors (Lipinski definition) is 4. The third-order valence-electron chi connectivity index (χ3n) is 4.82. The molecule has 1 aromatic carbocycles. The first-order valence-corrected chi connectivity index (χ1v) is 11.9. The lowest BCUT2D eigenvalue weighted by molar-refractivity contribution is 0.219. The number of likely N-dealkylation sites (N-methyl/N-ethyl adjacent to an activating group) is 1. The van der Waals surface area contributed by atoms with Gasteiger partial charge in [-0.1, -0.05) is 51.1 Å². The third kappa shape index (κ3) is 10.1. The van der Waals surface area contributed by atoms with Crippen molar-refractivity contribution in [1.82, 2.24) is 19.8 Å². The molecule has 1 aromatic rings. The number of nitrogens with one attached hydrogen (secondary N) is 2. The molecule has 1 rings (SSSR count). The Hall–Kier alpha value is -0.910. The highest BCUT2D eigenvalue weighted by Crippen LogP contribution is 2.19. The second-order valence-electron chi connectivity index (χ2n) is 6.64. The second-order valence-corrected chi connectivity index (χ2v) is 8.62. The summed E-state index contributed by atoms with van der Waals surface area (Å²) in [6, 6.07) is 10.7. The van der Waals surface area contributed by atoms with Gasteiger partial charge in [-0.15, -0.1) is 24.0 Å². The van der Waals surface area contributed by atoms with Crippen LogP contribution in [-0.2, 0) is 10.0 Å². The number of guanidine groups is 1. The van der Waals surface area contributed by atoms with Crippen LogP contribution in [0, 0.1) is 0 Å². The molecular formula is C20H38IN5O2S. The summed E-state index contributed by atoms with van der Waals surface area (Å²) in [6.45, 7) is 10.6. The summed E-state index contributed by atoms with van der Waals surface area (Å²) < 4.78 is 24.8. The predicted octanol–water partition coefficient (Wildman–Crippen LogP) is 2.52. The van der Waals surface area contributed by atoms with E-state index in [4.69, 9.17) is 0 Å². The first-order valence-electron chi connectivity index (χ1n) is 10.1. The number of sulfonamides is 1. The molecule has 1 unspecified atom stereocenters. The number of benzene rings is 1. The van der Waals surface area contributed by atoms with E-state index >= 15 is 0 Å². The lowest BCUT2D eigenvalue weighted by atomic mass is 10.1. The molecule has 29 heavy (non-hydrogen) atoms. The van der Waals surface area contributed by atoms with E-state index in [9.17, 15) is 8.42 Å². The van der Waals surface area contributed by atoms with Crippen molar-refractivity contribution in [3.63, 3.8) is 0 Å². The van der Waals surface area contributed by atoms with Crippen LogP contribution in [0.15, 0.2) is 35.3 Å². The molecule has 0 saturated heterocycles. The molecule has 0 fully saturated rings. The Bertz CT molecular complexity index is 681. The van der Waals surface area contributed by atoms with Gasteiger partial charge in [0.15, 0.2) is 5.96 Å². The van der Waals surface area contributed by atoms with E-state index < -0.39 is 10.0 Å². The molecule has 0 bridgehead atoms. The molecule has 9 heteroatoms. The molecule has 0 saturated carbocycles. The Labute approximate surface area is 194 Å². The molecule has 0 aliphatic carbocycles. The van der Waals surface area contributed by atoms with Gasteiger partial charge in [-0.3, -0.25) is 9.89 Å². The van der Waals surface area contributed by atoms with Crippen molar-refractivity contribution >= 4 is 40.0 Å². The summed E-state index contributed by atoms with van der Waals surface area (Å²) >= 11 is 0. The normalized spacial score (nSPS) is 13.3. The number of hydrogen-bond donors (Lipinski definition) is 2. The van der Waals surface area contributed by atoms with Crippen molar-refractivity contribution in [2.45, 2.75) is 33.2 Å². The van der Waals surface area contributed by atoms with Crippen LogP contribution in [-0.4, -0.2) is 76.2 Å². The van der Waals surface area contributed by atoms with Gasteiger partial charge in [-0.05, 0) is 25.1 Å². The smallest absolute Gasteiger partial charge is 0.211 e. The van der Waals surface area contributed by atoms with Crippen LogP contribution in [0.4, 0.5) is 0 Å². The zero-order chi connectivity index (χ0) is 21.0. The summed E-state index contributed by atoms with van der Waals surface area (Å²) in [4.78, 5) is 6.71. The van der Waals surface area contributed by atoms with Gasteiger partial charge in [-0.2, -0.15) is 0 Å². The van der Waals surface area contributed by atoms with E-state index in [2.05, 4.69) is 58.6 Å². The van der Waals surface area contributed by atoms with Gasteiger partial charge in [0.05, 0.1) is 12.3 Å². The van der Waals surface area contributed by atoms with Gasteiger partial charge in [0.1, 0.15) is 0 Å². The Kier molecular flexibility index (Phi) is 14.5. The Morgan fingerprint density at radius 3 is 2.17 bits per heavy atom. The fraction of sp³-hybridized carbons (Fsp3) is 0.650. The maximum Gasteiger partial charge on any atom is 0.211 e. The van der Waals surface area contributed by atoms with Gasteiger partial charge in [0.2, 0.25) is 10.0 Å². The first-order chi connectivity index (χ1) is 13.4. The highest BCUT2D eigenvalue weighted by molar-refractivity contribution is 14.0. The van der Waals surface area contributed by atoms with Crippen molar-refractivity contribution in [2.24, 2.45) is 4.99 Å². The van der Waals surface area contributed by atoms with E-state index in [1.165, 1.54) is 16.1 Å². The fourth-order valence-electron chi connectivity index (χ4n) is 3.23. The predicted molar refractivity (Wildman–Crippen MR) is 134 cm³/mol. The molecule has 0 amide bonds. The monoisotopic (exact) mass is 539 g/mol. The molecule has 0 aliphatic rings. The van der Waals surface area contributed by atoms with Crippen LogP contribution >= 0.6 is 24.0 Å². The fourth-order valence-corrected chi connectivity index (χ4v) is 4.16. The Morgan fingerprint density at radius 1 is 1.07 bits per heavy atom. The average Bonchev–Trinajstić information content (AvgIpc) is 2.69. The molecule has 2 N–H and O–H groups in total. The molecule has 0 spiro atoms. The average molecular weight is 540 g/mol.